The molecule has 0 saturated heterocycles. The molecule has 118 valence electrons. The van der Waals surface area contributed by atoms with Crippen LogP contribution in [0, 0.1) is 18.3 Å². The van der Waals surface area contributed by atoms with E-state index in [1.807, 2.05) is 24.3 Å². The van der Waals surface area contributed by atoms with Crippen LogP contribution in [0.4, 0.5) is 0 Å². The number of carbonyl (C=O) groups is 1. The van der Waals surface area contributed by atoms with E-state index in [2.05, 4.69) is 27.0 Å². The van der Waals surface area contributed by atoms with Gasteiger partial charge in [0.2, 0.25) is 0 Å². The molecule has 1 aromatic carbocycles. The predicted octanol–water partition coefficient (Wildman–Crippen LogP) is 4.40. The summed E-state index contributed by atoms with van der Waals surface area (Å²) in [5.74, 6) is 1.37. The van der Waals surface area contributed by atoms with Gasteiger partial charge in [0.05, 0.1) is 12.2 Å². The Hall–Kier alpha value is -1.84. The maximum Gasteiger partial charge on any atom is 0.161 e. The highest BCUT2D eigenvalue weighted by Crippen LogP contribution is 2.24. The Kier molecular flexibility index (Phi) is 6.20. The lowest BCUT2D eigenvalue weighted by atomic mass is 10.1. The average Bonchev–Trinajstić information content (AvgIpc) is 2.51. The number of hydrogen-bond acceptors (Lipinski definition) is 5. The van der Waals surface area contributed by atoms with Crippen LogP contribution >= 0.6 is 27.7 Å². The van der Waals surface area contributed by atoms with Crippen LogP contribution in [-0.2, 0) is 0 Å². The van der Waals surface area contributed by atoms with E-state index in [4.69, 9.17) is 4.74 Å². The predicted molar refractivity (Wildman–Crippen MR) is 94.1 cm³/mol. The zero-order chi connectivity index (χ0) is 16.8. The Morgan fingerprint density at radius 3 is 2.87 bits per heavy atom. The monoisotopic (exact) mass is 390 g/mol. The quantitative estimate of drug-likeness (QED) is 0.415. The Labute approximate surface area is 148 Å². The van der Waals surface area contributed by atoms with E-state index in [1.165, 1.54) is 18.7 Å². The van der Waals surface area contributed by atoms with Crippen LogP contribution in [0.25, 0.3) is 0 Å². The molecular weight excluding hydrogens is 376 g/mol. The molecule has 0 bridgehead atoms. The average molecular weight is 391 g/mol. The molecule has 0 amide bonds. The number of hydrogen-bond donors (Lipinski definition) is 0. The smallest absolute Gasteiger partial charge is 0.161 e. The van der Waals surface area contributed by atoms with Gasteiger partial charge in [-0.3, -0.25) is 4.79 Å². The topological polar surface area (TPSA) is 63.0 Å². The van der Waals surface area contributed by atoms with Crippen molar-refractivity contribution in [1.82, 2.24) is 4.98 Å². The molecule has 0 radical (unpaired) electrons. The van der Waals surface area contributed by atoms with Gasteiger partial charge in [0.1, 0.15) is 16.8 Å². The SMILES string of the molecule is CC(=O)c1cc(C#N)c(SCCOc2cccc(Br)c2)nc1C. The normalized spacial score (nSPS) is 10.2. The van der Waals surface area contributed by atoms with Crippen molar-refractivity contribution in [2.45, 2.75) is 18.9 Å². The van der Waals surface area contributed by atoms with Crippen LogP contribution in [0.1, 0.15) is 28.5 Å². The first kappa shape index (κ1) is 17.5. The van der Waals surface area contributed by atoms with Crippen molar-refractivity contribution in [2.75, 3.05) is 12.4 Å². The van der Waals surface area contributed by atoms with E-state index in [0.29, 0.717) is 34.2 Å². The first-order valence-electron chi connectivity index (χ1n) is 6.95. The lowest BCUT2D eigenvalue weighted by Gasteiger charge is -2.09. The van der Waals surface area contributed by atoms with Gasteiger partial charge in [0.15, 0.2) is 5.78 Å². The highest BCUT2D eigenvalue weighted by molar-refractivity contribution is 9.10. The van der Waals surface area contributed by atoms with E-state index < -0.39 is 0 Å². The van der Waals surface area contributed by atoms with Crippen LogP contribution in [0.2, 0.25) is 0 Å². The fourth-order valence-electron chi connectivity index (χ4n) is 1.98. The van der Waals surface area contributed by atoms with Gasteiger partial charge in [0, 0.05) is 21.5 Å². The first-order chi connectivity index (χ1) is 11.0. The van der Waals surface area contributed by atoms with Crippen molar-refractivity contribution in [3.8, 4) is 11.8 Å². The number of aromatic nitrogens is 1. The number of rotatable bonds is 6. The Morgan fingerprint density at radius 1 is 1.43 bits per heavy atom. The molecule has 0 N–H and O–H groups in total. The van der Waals surface area contributed by atoms with Gasteiger partial charge in [-0.1, -0.05) is 22.0 Å². The number of nitriles is 1. The van der Waals surface area contributed by atoms with Crippen LogP contribution in [0.15, 0.2) is 39.8 Å². The molecule has 0 saturated carbocycles. The number of Topliss-reactive ketones (excluding diaryl/α,β-unsaturated/α-hetero) is 1. The Balaban J connectivity index is 1.99. The summed E-state index contributed by atoms with van der Waals surface area (Å²) in [6.45, 7) is 3.75. The van der Waals surface area contributed by atoms with Gasteiger partial charge in [0.25, 0.3) is 0 Å². The fraction of sp³-hybridized carbons (Fsp3) is 0.235. The number of aryl methyl sites for hydroxylation is 1. The van der Waals surface area contributed by atoms with Gasteiger partial charge in [-0.2, -0.15) is 5.26 Å². The summed E-state index contributed by atoms with van der Waals surface area (Å²) in [5.41, 5.74) is 1.57. The minimum atomic E-state index is -0.0824. The molecule has 0 aliphatic heterocycles. The standard InChI is InChI=1S/C17H15BrN2O2S/c1-11-16(12(2)21)8-13(10-19)17(20-11)23-7-6-22-15-5-3-4-14(18)9-15/h3-5,8-9H,6-7H2,1-2H3. The van der Waals surface area contributed by atoms with E-state index >= 15 is 0 Å². The number of carbonyl (C=O) groups excluding carboxylic acids is 1. The molecule has 0 aliphatic rings. The summed E-state index contributed by atoms with van der Waals surface area (Å²) in [7, 11) is 0. The van der Waals surface area contributed by atoms with E-state index in [1.54, 1.807) is 13.0 Å². The molecule has 0 fully saturated rings. The fourth-order valence-corrected chi connectivity index (χ4v) is 3.18. The molecule has 0 atom stereocenters. The number of nitrogens with zero attached hydrogens (tertiary/aromatic N) is 2. The molecule has 2 aromatic rings. The number of halogens is 1. The molecule has 2 rings (SSSR count). The minimum Gasteiger partial charge on any atom is -0.493 e. The number of thioether (sulfide) groups is 1. The number of ketones is 1. The number of benzene rings is 1. The van der Waals surface area contributed by atoms with Gasteiger partial charge in [-0.25, -0.2) is 4.98 Å². The third-order valence-corrected chi connectivity index (χ3v) is 4.51. The van der Waals surface area contributed by atoms with Crippen molar-refractivity contribution in [3.05, 3.63) is 51.6 Å². The third kappa shape index (κ3) is 4.81. The van der Waals surface area contributed by atoms with Gasteiger partial charge in [-0.15, -0.1) is 11.8 Å². The second-order valence-corrected chi connectivity index (χ2v) is 6.80. The lowest BCUT2D eigenvalue weighted by Crippen LogP contribution is -2.04. The Bertz CT molecular complexity index is 772. The van der Waals surface area contributed by atoms with Crippen molar-refractivity contribution in [1.29, 1.82) is 5.26 Å². The van der Waals surface area contributed by atoms with Crippen LogP contribution in [0.5, 0.6) is 5.75 Å². The summed E-state index contributed by atoms with van der Waals surface area (Å²) < 4.78 is 6.62. The summed E-state index contributed by atoms with van der Waals surface area (Å²) in [4.78, 5) is 15.9. The second kappa shape index (κ2) is 8.14. The summed E-state index contributed by atoms with van der Waals surface area (Å²) in [6, 6.07) is 11.3. The van der Waals surface area contributed by atoms with Crippen LogP contribution < -0.4 is 4.74 Å². The van der Waals surface area contributed by atoms with Gasteiger partial charge < -0.3 is 4.74 Å². The Morgan fingerprint density at radius 2 is 2.22 bits per heavy atom. The maximum absolute atomic E-state index is 11.5. The highest BCUT2D eigenvalue weighted by atomic mass is 79.9. The number of ether oxygens (including phenoxy) is 1. The minimum absolute atomic E-state index is 0.0824. The second-order valence-electron chi connectivity index (χ2n) is 4.80. The third-order valence-electron chi connectivity index (χ3n) is 3.06. The van der Waals surface area contributed by atoms with Gasteiger partial charge in [-0.05, 0) is 38.1 Å². The van der Waals surface area contributed by atoms with E-state index in [9.17, 15) is 10.1 Å². The highest BCUT2D eigenvalue weighted by Gasteiger charge is 2.12. The van der Waals surface area contributed by atoms with Crippen molar-refractivity contribution in [2.24, 2.45) is 0 Å². The first-order valence-corrected chi connectivity index (χ1v) is 8.73. The zero-order valence-electron chi connectivity index (χ0n) is 12.8. The molecule has 0 aliphatic carbocycles. The number of pyridine rings is 1. The molecule has 23 heavy (non-hydrogen) atoms. The summed E-state index contributed by atoms with van der Waals surface area (Å²) in [6.07, 6.45) is 0. The van der Waals surface area contributed by atoms with E-state index in [0.717, 1.165) is 10.2 Å². The zero-order valence-corrected chi connectivity index (χ0v) is 15.2. The lowest BCUT2D eigenvalue weighted by molar-refractivity contribution is 0.101. The molecule has 0 spiro atoms. The van der Waals surface area contributed by atoms with Crippen molar-refractivity contribution < 1.29 is 9.53 Å². The van der Waals surface area contributed by atoms with E-state index in [-0.39, 0.29) is 5.78 Å². The summed E-state index contributed by atoms with van der Waals surface area (Å²) in [5, 5.41) is 9.86. The molecule has 0 unspecified atom stereocenters. The molecular formula is C17H15BrN2O2S. The molecule has 1 aromatic heterocycles. The molecule has 6 heteroatoms. The summed E-state index contributed by atoms with van der Waals surface area (Å²) >= 11 is 4.84. The van der Waals surface area contributed by atoms with Gasteiger partial charge >= 0.3 is 0 Å². The van der Waals surface area contributed by atoms with Crippen molar-refractivity contribution >= 4 is 33.5 Å². The molecule has 4 nitrogen and oxygen atoms in total. The van der Waals surface area contributed by atoms with Crippen LogP contribution in [0.3, 0.4) is 0 Å². The van der Waals surface area contributed by atoms with Crippen molar-refractivity contribution in [3.63, 3.8) is 0 Å². The van der Waals surface area contributed by atoms with Crippen LogP contribution in [-0.4, -0.2) is 23.1 Å². The maximum atomic E-state index is 11.5. The largest absolute Gasteiger partial charge is 0.493 e. The molecule has 1 heterocycles.